The van der Waals surface area contributed by atoms with Crippen LogP contribution in [-0.2, 0) is 9.53 Å². The maximum absolute atomic E-state index is 12.0. The second kappa shape index (κ2) is 5.91. The van der Waals surface area contributed by atoms with E-state index in [2.05, 4.69) is 10.3 Å². The van der Waals surface area contributed by atoms with Crippen molar-refractivity contribution < 1.29 is 14.3 Å². The van der Waals surface area contributed by atoms with Crippen LogP contribution >= 0.6 is 11.3 Å². The summed E-state index contributed by atoms with van der Waals surface area (Å²) in [6.07, 6.45) is 6.56. The Kier molecular flexibility index (Phi) is 4.00. The number of hydrogen-bond acceptors (Lipinski definition) is 5. The Labute approximate surface area is 121 Å². The minimum Gasteiger partial charge on any atom is -0.451 e. The number of carbonyl (C=O) groups excluding carboxylic acids is 2. The Morgan fingerprint density at radius 2 is 2.05 bits per heavy atom. The molecule has 0 radical (unpaired) electrons. The monoisotopic (exact) mass is 294 g/mol. The van der Waals surface area contributed by atoms with Gasteiger partial charge in [-0.2, -0.15) is 0 Å². The van der Waals surface area contributed by atoms with Gasteiger partial charge < -0.3 is 10.1 Å². The van der Waals surface area contributed by atoms with E-state index in [0.29, 0.717) is 10.8 Å². The van der Waals surface area contributed by atoms with Crippen LogP contribution < -0.4 is 5.32 Å². The zero-order chi connectivity index (χ0) is 13.9. The van der Waals surface area contributed by atoms with Crippen molar-refractivity contribution in [2.75, 3.05) is 6.61 Å². The van der Waals surface area contributed by atoms with Crippen molar-refractivity contribution in [1.29, 1.82) is 0 Å². The zero-order valence-corrected chi connectivity index (χ0v) is 12.1. The van der Waals surface area contributed by atoms with Gasteiger partial charge in [-0.15, -0.1) is 11.3 Å². The molecule has 1 amide bonds. The molecular formula is C14H18N2O3S. The van der Waals surface area contributed by atoms with Crippen LogP contribution in [0.2, 0.25) is 0 Å². The quantitative estimate of drug-likeness (QED) is 0.846. The SMILES string of the molecule is O=C(COC(=O)c1scnc1C1CC1)NC1CCCC1. The maximum Gasteiger partial charge on any atom is 0.350 e. The van der Waals surface area contributed by atoms with E-state index in [1.54, 1.807) is 5.51 Å². The summed E-state index contributed by atoms with van der Waals surface area (Å²) < 4.78 is 5.10. The van der Waals surface area contributed by atoms with E-state index < -0.39 is 5.97 Å². The van der Waals surface area contributed by atoms with Crippen molar-refractivity contribution in [1.82, 2.24) is 10.3 Å². The predicted molar refractivity (Wildman–Crippen MR) is 74.8 cm³/mol. The molecule has 0 aliphatic heterocycles. The first-order valence-corrected chi connectivity index (χ1v) is 8.02. The Morgan fingerprint density at radius 1 is 1.30 bits per heavy atom. The van der Waals surface area contributed by atoms with E-state index in [-0.39, 0.29) is 18.6 Å². The highest BCUT2D eigenvalue weighted by molar-refractivity contribution is 7.11. The second-order valence-electron chi connectivity index (χ2n) is 5.47. The van der Waals surface area contributed by atoms with Crippen molar-refractivity contribution in [3.8, 4) is 0 Å². The van der Waals surface area contributed by atoms with Crippen LogP contribution in [0.1, 0.15) is 59.8 Å². The third-order valence-corrected chi connectivity index (χ3v) is 4.62. The number of nitrogens with zero attached hydrogens (tertiary/aromatic N) is 1. The van der Waals surface area contributed by atoms with Crippen LogP contribution in [0.3, 0.4) is 0 Å². The fourth-order valence-electron chi connectivity index (χ4n) is 2.59. The van der Waals surface area contributed by atoms with Gasteiger partial charge in [-0.3, -0.25) is 4.79 Å². The number of carbonyl (C=O) groups is 2. The van der Waals surface area contributed by atoms with E-state index in [0.717, 1.165) is 44.2 Å². The fourth-order valence-corrected chi connectivity index (χ4v) is 3.36. The number of thiazole rings is 1. The van der Waals surface area contributed by atoms with Crippen molar-refractivity contribution >= 4 is 23.2 Å². The van der Waals surface area contributed by atoms with Gasteiger partial charge in [-0.1, -0.05) is 12.8 Å². The molecule has 1 N–H and O–H groups in total. The van der Waals surface area contributed by atoms with Gasteiger partial charge in [0.1, 0.15) is 4.88 Å². The van der Waals surface area contributed by atoms with Gasteiger partial charge in [-0.25, -0.2) is 9.78 Å². The third kappa shape index (κ3) is 3.17. The minimum absolute atomic E-state index is 0.197. The van der Waals surface area contributed by atoms with Crippen LogP contribution in [0.5, 0.6) is 0 Å². The maximum atomic E-state index is 12.0. The lowest BCUT2D eigenvalue weighted by Gasteiger charge is -2.11. The van der Waals surface area contributed by atoms with Crippen LogP contribution in [0.25, 0.3) is 0 Å². The zero-order valence-electron chi connectivity index (χ0n) is 11.3. The molecule has 0 spiro atoms. The molecule has 2 aliphatic rings. The topological polar surface area (TPSA) is 68.3 Å². The highest BCUT2D eigenvalue weighted by atomic mass is 32.1. The van der Waals surface area contributed by atoms with Crippen LogP contribution in [0.4, 0.5) is 0 Å². The molecule has 5 nitrogen and oxygen atoms in total. The molecule has 0 atom stereocenters. The van der Waals surface area contributed by atoms with Gasteiger partial charge in [0.2, 0.25) is 0 Å². The molecule has 0 bridgehead atoms. The van der Waals surface area contributed by atoms with E-state index in [9.17, 15) is 9.59 Å². The summed E-state index contributed by atoms with van der Waals surface area (Å²) in [4.78, 5) is 28.5. The Morgan fingerprint density at radius 3 is 2.75 bits per heavy atom. The van der Waals surface area contributed by atoms with Gasteiger partial charge in [0, 0.05) is 12.0 Å². The molecule has 20 heavy (non-hydrogen) atoms. The lowest BCUT2D eigenvalue weighted by atomic mass is 10.2. The second-order valence-corrected chi connectivity index (χ2v) is 6.32. The van der Waals surface area contributed by atoms with E-state index in [1.165, 1.54) is 11.3 Å². The predicted octanol–water partition coefficient (Wildman–Crippen LogP) is 2.24. The standard InChI is InChI=1S/C14H18N2O3S/c17-11(16-10-3-1-2-4-10)7-19-14(18)13-12(9-5-6-9)15-8-20-13/h8-10H,1-7H2,(H,16,17). The number of ether oxygens (including phenoxy) is 1. The summed E-state index contributed by atoms with van der Waals surface area (Å²) in [5.74, 6) is -0.213. The first-order chi connectivity index (χ1) is 9.74. The van der Waals surface area contributed by atoms with Gasteiger partial charge >= 0.3 is 5.97 Å². The average Bonchev–Trinajstić information content (AvgIpc) is 2.95. The summed E-state index contributed by atoms with van der Waals surface area (Å²) in [7, 11) is 0. The van der Waals surface area contributed by atoms with Crippen LogP contribution in [0, 0.1) is 0 Å². The number of rotatable bonds is 5. The summed E-state index contributed by atoms with van der Waals surface area (Å²) in [5, 5.41) is 2.90. The van der Waals surface area contributed by atoms with Crippen molar-refractivity contribution in [2.45, 2.75) is 50.5 Å². The molecular weight excluding hydrogens is 276 g/mol. The van der Waals surface area contributed by atoms with Gasteiger partial charge in [0.05, 0.1) is 11.2 Å². The first kappa shape index (κ1) is 13.5. The molecule has 1 aromatic heterocycles. The molecule has 3 rings (SSSR count). The highest BCUT2D eigenvalue weighted by Crippen LogP contribution is 2.41. The molecule has 2 fully saturated rings. The molecule has 0 aromatic carbocycles. The molecule has 6 heteroatoms. The lowest BCUT2D eigenvalue weighted by molar-refractivity contribution is -0.124. The summed E-state index contributed by atoms with van der Waals surface area (Å²) in [6.45, 7) is -0.197. The number of esters is 1. The molecule has 0 saturated heterocycles. The van der Waals surface area contributed by atoms with Gasteiger partial charge in [0.15, 0.2) is 6.61 Å². The van der Waals surface area contributed by atoms with Crippen molar-refractivity contribution in [3.63, 3.8) is 0 Å². The van der Waals surface area contributed by atoms with E-state index in [1.807, 2.05) is 0 Å². The van der Waals surface area contributed by atoms with E-state index >= 15 is 0 Å². The van der Waals surface area contributed by atoms with Gasteiger partial charge in [0.25, 0.3) is 5.91 Å². The normalized spacial score (nSPS) is 19.0. The Hall–Kier alpha value is -1.43. The summed E-state index contributed by atoms with van der Waals surface area (Å²) in [5.41, 5.74) is 2.51. The number of hydrogen-bond donors (Lipinski definition) is 1. The molecule has 0 unspecified atom stereocenters. The molecule has 2 saturated carbocycles. The minimum atomic E-state index is -0.420. The van der Waals surface area contributed by atoms with E-state index in [4.69, 9.17) is 4.74 Å². The summed E-state index contributed by atoms with van der Waals surface area (Å²) >= 11 is 1.29. The largest absolute Gasteiger partial charge is 0.451 e. The highest BCUT2D eigenvalue weighted by Gasteiger charge is 2.31. The smallest absolute Gasteiger partial charge is 0.350 e. The Bertz CT molecular complexity index is 504. The average molecular weight is 294 g/mol. The molecule has 108 valence electrons. The number of nitrogens with one attached hydrogen (secondary N) is 1. The Balaban J connectivity index is 1.48. The number of amides is 1. The van der Waals surface area contributed by atoms with Crippen molar-refractivity contribution in [3.05, 3.63) is 16.1 Å². The summed E-state index contributed by atoms with van der Waals surface area (Å²) in [6, 6.07) is 0.256. The molecule has 1 heterocycles. The first-order valence-electron chi connectivity index (χ1n) is 7.14. The lowest BCUT2D eigenvalue weighted by Crippen LogP contribution is -2.35. The van der Waals surface area contributed by atoms with Crippen LogP contribution in [-0.4, -0.2) is 29.5 Å². The molecule has 2 aliphatic carbocycles. The number of aromatic nitrogens is 1. The fraction of sp³-hybridized carbons (Fsp3) is 0.643. The van der Waals surface area contributed by atoms with Crippen LogP contribution in [0.15, 0.2) is 5.51 Å². The van der Waals surface area contributed by atoms with Gasteiger partial charge in [-0.05, 0) is 25.7 Å². The molecule has 1 aromatic rings. The van der Waals surface area contributed by atoms with Crippen molar-refractivity contribution in [2.24, 2.45) is 0 Å². The third-order valence-electron chi connectivity index (χ3n) is 3.80.